The molecule has 0 fully saturated rings. The molecule has 0 N–H and O–H groups in total. The standard InChI is InChI=1S/C14H17NO3S2/c1-17-11-2-4-12(5-3-11)18-10-14-15(7-9-20-14)13(16)6-8-19/h2-5,7,9,14,19H,6,8,10H2,1H3. The number of hydrogen-bond acceptors (Lipinski definition) is 5. The molecule has 108 valence electrons. The Hall–Kier alpha value is -1.27. The van der Waals surface area contributed by atoms with Gasteiger partial charge in [-0.3, -0.25) is 4.79 Å². The summed E-state index contributed by atoms with van der Waals surface area (Å²) < 4.78 is 10.8. The largest absolute Gasteiger partial charge is 0.497 e. The van der Waals surface area contributed by atoms with E-state index in [4.69, 9.17) is 9.47 Å². The van der Waals surface area contributed by atoms with Crippen LogP contribution in [0.5, 0.6) is 11.5 Å². The quantitative estimate of drug-likeness (QED) is 0.820. The molecular formula is C14H17NO3S2. The summed E-state index contributed by atoms with van der Waals surface area (Å²) in [5.74, 6) is 2.18. The van der Waals surface area contributed by atoms with E-state index in [1.807, 2.05) is 29.7 Å². The normalized spacial score (nSPS) is 17.3. The fraction of sp³-hybridized carbons (Fsp3) is 0.357. The maximum atomic E-state index is 11.9. The number of rotatable bonds is 6. The number of amides is 1. The first-order valence-corrected chi connectivity index (χ1v) is 7.83. The second-order valence-electron chi connectivity index (χ2n) is 4.14. The van der Waals surface area contributed by atoms with Gasteiger partial charge in [0.25, 0.3) is 0 Å². The first-order valence-electron chi connectivity index (χ1n) is 6.25. The van der Waals surface area contributed by atoms with Crippen molar-refractivity contribution in [2.24, 2.45) is 0 Å². The van der Waals surface area contributed by atoms with Gasteiger partial charge in [-0.2, -0.15) is 12.6 Å². The van der Waals surface area contributed by atoms with E-state index in [1.165, 1.54) is 0 Å². The van der Waals surface area contributed by atoms with Crippen molar-refractivity contribution in [3.63, 3.8) is 0 Å². The molecule has 2 rings (SSSR count). The number of methoxy groups -OCH3 is 1. The topological polar surface area (TPSA) is 38.8 Å². The lowest BCUT2D eigenvalue weighted by atomic mass is 10.3. The fourth-order valence-electron chi connectivity index (χ4n) is 1.78. The molecule has 6 heteroatoms. The van der Waals surface area contributed by atoms with Gasteiger partial charge in [-0.1, -0.05) is 0 Å². The Morgan fingerprint density at radius 1 is 1.35 bits per heavy atom. The van der Waals surface area contributed by atoms with Crippen molar-refractivity contribution < 1.29 is 14.3 Å². The highest BCUT2D eigenvalue weighted by atomic mass is 32.2. The number of hydrogen-bond donors (Lipinski definition) is 1. The third-order valence-corrected chi connectivity index (χ3v) is 4.01. The molecule has 0 saturated carbocycles. The van der Waals surface area contributed by atoms with Gasteiger partial charge in [-0.15, -0.1) is 11.8 Å². The van der Waals surface area contributed by atoms with E-state index in [9.17, 15) is 4.79 Å². The lowest BCUT2D eigenvalue weighted by Crippen LogP contribution is -2.35. The minimum Gasteiger partial charge on any atom is -0.497 e. The SMILES string of the molecule is COc1ccc(OCC2SC=CN2C(=O)CCS)cc1. The van der Waals surface area contributed by atoms with Gasteiger partial charge in [-0.05, 0) is 35.4 Å². The molecule has 0 aromatic heterocycles. The van der Waals surface area contributed by atoms with Gasteiger partial charge in [0.2, 0.25) is 5.91 Å². The molecular weight excluding hydrogens is 294 g/mol. The van der Waals surface area contributed by atoms with Gasteiger partial charge >= 0.3 is 0 Å². The lowest BCUT2D eigenvalue weighted by molar-refractivity contribution is -0.128. The molecule has 1 heterocycles. The number of thiol groups is 1. The van der Waals surface area contributed by atoms with E-state index in [-0.39, 0.29) is 11.3 Å². The van der Waals surface area contributed by atoms with Crippen molar-refractivity contribution in [3.05, 3.63) is 35.9 Å². The molecule has 1 unspecified atom stereocenters. The number of thioether (sulfide) groups is 1. The molecule has 0 aliphatic carbocycles. The second kappa shape index (κ2) is 7.50. The van der Waals surface area contributed by atoms with Crippen LogP contribution >= 0.6 is 24.4 Å². The Morgan fingerprint density at radius 2 is 2.05 bits per heavy atom. The predicted molar refractivity (Wildman–Crippen MR) is 84.3 cm³/mol. The first-order chi connectivity index (χ1) is 9.74. The Morgan fingerprint density at radius 3 is 2.70 bits per heavy atom. The van der Waals surface area contributed by atoms with Crippen molar-refractivity contribution in [1.82, 2.24) is 4.90 Å². The molecule has 0 spiro atoms. The summed E-state index contributed by atoms with van der Waals surface area (Å²) in [7, 11) is 1.63. The minimum absolute atomic E-state index is 0.00974. The van der Waals surface area contributed by atoms with Crippen LogP contribution in [0.2, 0.25) is 0 Å². The molecule has 1 aromatic rings. The molecule has 0 radical (unpaired) electrons. The highest BCUT2D eigenvalue weighted by Crippen LogP contribution is 2.27. The summed E-state index contributed by atoms with van der Waals surface area (Å²) in [6.45, 7) is 0.447. The monoisotopic (exact) mass is 311 g/mol. The number of benzene rings is 1. The Balaban J connectivity index is 1.87. The molecule has 1 amide bonds. The van der Waals surface area contributed by atoms with Crippen molar-refractivity contribution >= 4 is 30.3 Å². The summed E-state index contributed by atoms with van der Waals surface area (Å²) in [6.07, 6.45) is 2.24. The van der Waals surface area contributed by atoms with Crippen LogP contribution in [0.1, 0.15) is 6.42 Å². The van der Waals surface area contributed by atoms with Crippen LogP contribution in [0.3, 0.4) is 0 Å². The average Bonchev–Trinajstić information content (AvgIpc) is 2.94. The number of ether oxygens (including phenoxy) is 2. The summed E-state index contributed by atoms with van der Waals surface area (Å²) >= 11 is 5.67. The van der Waals surface area contributed by atoms with Crippen LogP contribution in [0, 0.1) is 0 Å². The maximum Gasteiger partial charge on any atom is 0.228 e. The summed E-state index contributed by atoms with van der Waals surface area (Å²) in [4.78, 5) is 13.6. The summed E-state index contributed by atoms with van der Waals surface area (Å²) in [5, 5.41) is 1.91. The molecule has 0 bridgehead atoms. The molecule has 20 heavy (non-hydrogen) atoms. The highest BCUT2D eigenvalue weighted by Gasteiger charge is 2.25. The smallest absolute Gasteiger partial charge is 0.228 e. The molecule has 1 aromatic carbocycles. The highest BCUT2D eigenvalue weighted by molar-refractivity contribution is 8.02. The second-order valence-corrected chi connectivity index (χ2v) is 5.67. The van der Waals surface area contributed by atoms with Crippen LogP contribution in [0.25, 0.3) is 0 Å². The lowest BCUT2D eigenvalue weighted by Gasteiger charge is -2.22. The van der Waals surface area contributed by atoms with Crippen LogP contribution in [-0.4, -0.2) is 35.7 Å². The van der Waals surface area contributed by atoms with Crippen LogP contribution < -0.4 is 9.47 Å². The zero-order chi connectivity index (χ0) is 14.4. The van der Waals surface area contributed by atoms with Gasteiger partial charge in [0.15, 0.2) is 0 Å². The van der Waals surface area contributed by atoms with Crippen molar-refractivity contribution in [2.45, 2.75) is 11.8 Å². The number of carbonyl (C=O) groups is 1. The van der Waals surface area contributed by atoms with Crippen LogP contribution in [0.4, 0.5) is 0 Å². The van der Waals surface area contributed by atoms with Crippen molar-refractivity contribution in [1.29, 1.82) is 0 Å². The Labute approximate surface area is 128 Å². The molecule has 1 aliphatic rings. The third kappa shape index (κ3) is 3.86. The van der Waals surface area contributed by atoms with E-state index in [0.717, 1.165) is 11.5 Å². The third-order valence-electron chi connectivity index (χ3n) is 2.83. The zero-order valence-corrected chi connectivity index (χ0v) is 12.9. The van der Waals surface area contributed by atoms with Crippen LogP contribution in [-0.2, 0) is 4.79 Å². The fourth-order valence-corrected chi connectivity index (χ4v) is 2.82. The molecule has 4 nitrogen and oxygen atoms in total. The summed E-state index contributed by atoms with van der Waals surface area (Å²) in [5.41, 5.74) is 0. The predicted octanol–water partition coefficient (Wildman–Crippen LogP) is 2.77. The Bertz CT molecular complexity index is 476. The summed E-state index contributed by atoms with van der Waals surface area (Å²) in [6, 6.07) is 7.40. The van der Waals surface area contributed by atoms with Gasteiger partial charge in [0.1, 0.15) is 23.5 Å². The van der Waals surface area contributed by atoms with Crippen LogP contribution in [0.15, 0.2) is 35.9 Å². The average molecular weight is 311 g/mol. The minimum atomic E-state index is -0.00974. The zero-order valence-electron chi connectivity index (χ0n) is 11.2. The number of nitrogens with zero attached hydrogens (tertiary/aromatic N) is 1. The first kappa shape index (κ1) is 15.1. The van der Waals surface area contributed by atoms with Gasteiger partial charge in [0, 0.05) is 12.6 Å². The van der Waals surface area contributed by atoms with E-state index < -0.39 is 0 Å². The Kier molecular flexibility index (Phi) is 5.67. The molecule has 1 aliphatic heterocycles. The maximum absolute atomic E-state index is 11.9. The van der Waals surface area contributed by atoms with Crippen molar-refractivity contribution in [2.75, 3.05) is 19.5 Å². The van der Waals surface area contributed by atoms with E-state index in [1.54, 1.807) is 30.0 Å². The number of carbonyl (C=O) groups excluding carboxylic acids is 1. The van der Waals surface area contributed by atoms with E-state index in [0.29, 0.717) is 18.8 Å². The van der Waals surface area contributed by atoms with Gasteiger partial charge in [0.05, 0.1) is 7.11 Å². The van der Waals surface area contributed by atoms with Gasteiger partial charge < -0.3 is 14.4 Å². The van der Waals surface area contributed by atoms with Gasteiger partial charge in [-0.25, -0.2) is 0 Å². The molecule has 1 atom stereocenters. The van der Waals surface area contributed by atoms with E-state index >= 15 is 0 Å². The van der Waals surface area contributed by atoms with Crippen molar-refractivity contribution in [3.8, 4) is 11.5 Å². The molecule has 0 saturated heterocycles. The van der Waals surface area contributed by atoms with E-state index in [2.05, 4.69) is 12.6 Å².